The molecular weight excluding hydrogens is 601 g/mol. The van der Waals surface area contributed by atoms with E-state index in [2.05, 4.69) is 0 Å². The van der Waals surface area contributed by atoms with Crippen molar-refractivity contribution in [3.63, 3.8) is 0 Å². The molecule has 0 saturated carbocycles. The van der Waals surface area contributed by atoms with E-state index < -0.39 is 90.6 Å². The molecule has 0 heteroatoms. The van der Waals surface area contributed by atoms with E-state index in [0.29, 0.717) is 16.7 Å². The van der Waals surface area contributed by atoms with Crippen LogP contribution in [0.5, 0.6) is 0 Å². The predicted octanol–water partition coefficient (Wildman–Crippen LogP) is 14.1. The molecule has 0 N–H and O–H groups in total. The lowest BCUT2D eigenvalue weighted by atomic mass is 9.89. The maximum atomic E-state index is 9.21. The van der Waals surface area contributed by atoms with E-state index in [-0.39, 0.29) is 105 Å². The monoisotopic (exact) mass is 649 g/mol. The van der Waals surface area contributed by atoms with Gasteiger partial charge in [0.1, 0.15) is 0 Å². The second-order valence-corrected chi connectivity index (χ2v) is 12.1. The van der Waals surface area contributed by atoms with Gasteiger partial charge in [0.2, 0.25) is 0 Å². The second-order valence-electron chi connectivity index (χ2n) is 12.1. The van der Waals surface area contributed by atoms with Gasteiger partial charge in [0.25, 0.3) is 0 Å². The molecule has 230 valence electrons. The minimum atomic E-state index is -0.564. The van der Waals surface area contributed by atoms with Crippen LogP contribution in [0.1, 0.15) is 26.0 Å². The highest BCUT2D eigenvalue weighted by Crippen LogP contribution is 2.41. The molecule has 0 saturated heterocycles. The third-order valence-electron chi connectivity index (χ3n) is 9.42. The zero-order valence-electron chi connectivity index (χ0n) is 44.9. The van der Waals surface area contributed by atoms with Crippen LogP contribution in [0, 0.1) is 0 Å². The van der Waals surface area contributed by atoms with Gasteiger partial charge in [-0.15, -0.1) is 0 Å². The van der Waals surface area contributed by atoms with Gasteiger partial charge >= 0.3 is 0 Å². The highest BCUT2D eigenvalue weighted by molar-refractivity contribution is 6.26. The highest BCUT2D eigenvalue weighted by atomic mass is 14.2. The van der Waals surface area contributed by atoms with Crippen molar-refractivity contribution in [2.45, 2.75) is 0 Å². The molecule has 0 amide bonds. The summed E-state index contributed by atoms with van der Waals surface area (Å²) in [6, 6.07) is 10.9. The standard InChI is InChI=1S/C50H30/c1-4-35-18-20-39-22-26-43(45-28-24-37(6-1)47(35)49(39)45)34-16-14-32(15-17-34)31-10-12-33(13-11-31)41-8-3-9-42(30-41)44-27-23-40-21-19-36-5-2-7-38-25-29-46(44)50(40)48(36)38/h1-30H/i1D,2D,4D,5D,6D,7D,9D,18D,19D,20D,21D,22D,23D,24D,25D,26D,27D,28D,29D. The topological polar surface area (TPSA) is 0 Å². The first kappa shape index (κ1) is 14.9. The summed E-state index contributed by atoms with van der Waals surface area (Å²) in [4.78, 5) is 0. The van der Waals surface area contributed by atoms with Gasteiger partial charge in [-0.1, -0.05) is 175 Å². The zero-order chi connectivity index (χ0) is 49.3. The Hall–Kier alpha value is -6.50. The summed E-state index contributed by atoms with van der Waals surface area (Å²) in [6.45, 7) is 0. The van der Waals surface area contributed by atoms with E-state index in [1.54, 1.807) is 36.4 Å². The van der Waals surface area contributed by atoms with Crippen molar-refractivity contribution in [3.8, 4) is 44.5 Å². The van der Waals surface area contributed by atoms with Crippen LogP contribution >= 0.6 is 0 Å². The van der Waals surface area contributed by atoms with Gasteiger partial charge in [-0.3, -0.25) is 0 Å². The smallest absolute Gasteiger partial charge is 0.0610 e. The molecule has 0 atom stereocenters. The molecule has 0 nitrogen and oxygen atoms in total. The summed E-state index contributed by atoms with van der Waals surface area (Å²) in [7, 11) is 0. The van der Waals surface area contributed by atoms with Crippen LogP contribution in [0.4, 0.5) is 0 Å². The van der Waals surface area contributed by atoms with Crippen molar-refractivity contribution in [2.75, 3.05) is 0 Å². The first-order chi connectivity index (χ1) is 32.7. The molecule has 0 spiro atoms. The minimum Gasteiger partial charge on any atom is -0.0610 e. The third kappa shape index (κ3) is 4.06. The van der Waals surface area contributed by atoms with Gasteiger partial charge in [0, 0.05) is 0 Å². The van der Waals surface area contributed by atoms with Crippen LogP contribution in [0.25, 0.3) is 109 Å². The SMILES string of the molecule is [2H]c1ccc(-c2ccc(-c3ccc(-c4c([2H])c([2H])c5c([2H])c([2H])c6c([2H])c([2H])c([2H])c7c([2H])c([2H])c4c5c67)cc3)cc2)cc1-c1c([2H])c([2H])c2c([2H])c([2H])c3c([2H])c([2H])c([2H])c4c([2H])c([2H])c1c2c34. The quantitative estimate of drug-likeness (QED) is 0.166. The molecule has 0 aromatic heterocycles. The Morgan fingerprint density at radius 3 is 1.16 bits per heavy atom. The first-order valence-electron chi connectivity index (χ1n) is 25.4. The Labute approximate surface area is 316 Å². The van der Waals surface area contributed by atoms with E-state index in [1.165, 1.54) is 6.07 Å². The fourth-order valence-corrected chi connectivity index (χ4v) is 7.02. The molecule has 0 aliphatic carbocycles. The van der Waals surface area contributed by atoms with Crippen LogP contribution in [0.2, 0.25) is 0 Å². The Morgan fingerprint density at radius 1 is 0.280 bits per heavy atom. The molecule has 50 heavy (non-hydrogen) atoms. The molecule has 11 aromatic rings. The Morgan fingerprint density at radius 2 is 0.660 bits per heavy atom. The van der Waals surface area contributed by atoms with E-state index in [9.17, 15) is 2.74 Å². The summed E-state index contributed by atoms with van der Waals surface area (Å²) in [6.07, 6.45) is 0. The Kier molecular flexibility index (Phi) is 3.14. The average Bonchev–Trinajstić information content (AvgIpc) is 3.33. The predicted molar refractivity (Wildman–Crippen MR) is 216 cm³/mol. The van der Waals surface area contributed by atoms with Gasteiger partial charge < -0.3 is 0 Å². The van der Waals surface area contributed by atoms with E-state index in [4.69, 9.17) is 23.3 Å². The number of benzene rings is 11. The van der Waals surface area contributed by atoms with Crippen LogP contribution in [-0.2, 0) is 0 Å². The lowest BCUT2D eigenvalue weighted by Crippen LogP contribution is -1.88. The van der Waals surface area contributed by atoms with E-state index in [1.807, 2.05) is 24.3 Å². The Bertz CT molecular complexity index is 4100. The van der Waals surface area contributed by atoms with Crippen molar-refractivity contribution < 1.29 is 26.0 Å². The van der Waals surface area contributed by atoms with Crippen LogP contribution in [0.3, 0.4) is 0 Å². The lowest BCUT2D eigenvalue weighted by molar-refractivity contribution is 1.58. The summed E-state index contributed by atoms with van der Waals surface area (Å²) >= 11 is 0. The fraction of sp³-hybridized carbons (Fsp3) is 0. The molecule has 11 aromatic carbocycles. The number of hydrogen-bond acceptors (Lipinski definition) is 0. The highest BCUT2D eigenvalue weighted by Gasteiger charge is 2.14. The minimum absolute atomic E-state index is 0.0243. The largest absolute Gasteiger partial charge is 0.0630 e. The van der Waals surface area contributed by atoms with Gasteiger partial charge in [0.05, 0.1) is 26.0 Å². The number of hydrogen-bond donors (Lipinski definition) is 0. The molecule has 0 aliphatic heterocycles. The van der Waals surface area contributed by atoms with E-state index >= 15 is 0 Å². The molecule has 0 heterocycles. The zero-order valence-corrected chi connectivity index (χ0v) is 25.9. The molecule has 0 radical (unpaired) electrons. The second kappa shape index (κ2) is 10.5. The third-order valence-corrected chi connectivity index (χ3v) is 9.42. The average molecular weight is 650 g/mol. The van der Waals surface area contributed by atoms with Gasteiger partial charge in [-0.25, -0.2) is 0 Å². The fourth-order valence-electron chi connectivity index (χ4n) is 7.02. The van der Waals surface area contributed by atoms with Crippen LogP contribution in [0.15, 0.2) is 182 Å². The molecule has 0 fully saturated rings. The van der Waals surface area contributed by atoms with Crippen LogP contribution in [-0.4, -0.2) is 0 Å². The van der Waals surface area contributed by atoms with Crippen molar-refractivity contribution in [1.82, 2.24) is 0 Å². The van der Waals surface area contributed by atoms with Crippen LogP contribution < -0.4 is 0 Å². The van der Waals surface area contributed by atoms with E-state index in [0.717, 1.165) is 11.1 Å². The van der Waals surface area contributed by atoms with Crippen molar-refractivity contribution in [3.05, 3.63) is 182 Å². The van der Waals surface area contributed by atoms with Crippen molar-refractivity contribution in [1.29, 1.82) is 0 Å². The van der Waals surface area contributed by atoms with Crippen molar-refractivity contribution >= 4 is 64.6 Å². The lowest BCUT2D eigenvalue weighted by Gasteiger charge is -2.15. The summed E-state index contributed by atoms with van der Waals surface area (Å²) < 4.78 is 168. The van der Waals surface area contributed by atoms with Crippen molar-refractivity contribution in [2.24, 2.45) is 0 Å². The Balaban J connectivity index is 1.02. The maximum Gasteiger partial charge on any atom is 0.0630 e. The first-order valence-corrected chi connectivity index (χ1v) is 15.9. The maximum absolute atomic E-state index is 9.21. The molecule has 11 rings (SSSR count). The van der Waals surface area contributed by atoms with Gasteiger partial charge in [0.15, 0.2) is 0 Å². The summed E-state index contributed by atoms with van der Waals surface area (Å²) in [5, 5.41) is -0.512. The molecular formula is C50H30. The van der Waals surface area contributed by atoms with Gasteiger partial charge in [-0.05, 0) is 115 Å². The molecule has 0 bridgehead atoms. The number of rotatable bonds is 4. The summed E-state index contributed by atoms with van der Waals surface area (Å²) in [5.41, 5.74) is 3.46. The molecule has 0 unspecified atom stereocenters. The molecule has 0 aliphatic rings. The van der Waals surface area contributed by atoms with Gasteiger partial charge in [-0.2, -0.15) is 0 Å². The summed E-state index contributed by atoms with van der Waals surface area (Å²) in [5.74, 6) is 0. The normalized spacial score (nSPS) is 17.3.